The summed E-state index contributed by atoms with van der Waals surface area (Å²) >= 11 is 0. The molecular formula is C16H15FO3. The van der Waals surface area contributed by atoms with Crippen LogP contribution < -0.4 is 4.74 Å². The van der Waals surface area contributed by atoms with Crippen molar-refractivity contribution in [3.05, 3.63) is 52.8 Å². The summed E-state index contributed by atoms with van der Waals surface area (Å²) in [5.41, 5.74) is 2.96. The molecule has 3 nitrogen and oxygen atoms in total. The van der Waals surface area contributed by atoms with Crippen LogP contribution in [0.3, 0.4) is 0 Å². The molecule has 0 atom stereocenters. The smallest absolute Gasteiger partial charge is 0.336 e. The molecule has 2 rings (SSSR count). The summed E-state index contributed by atoms with van der Waals surface area (Å²) in [6, 6.07) is 7.51. The van der Waals surface area contributed by atoms with Crippen LogP contribution in [0, 0.1) is 19.7 Å². The van der Waals surface area contributed by atoms with Gasteiger partial charge in [-0.25, -0.2) is 9.18 Å². The SMILES string of the molecule is COc1cc(C)cc(C)c1-c1ccc(F)cc1C(=O)O. The van der Waals surface area contributed by atoms with Gasteiger partial charge in [-0.3, -0.25) is 0 Å². The molecule has 4 heteroatoms. The lowest BCUT2D eigenvalue weighted by atomic mass is 9.93. The third-order valence-electron chi connectivity index (χ3n) is 3.14. The van der Waals surface area contributed by atoms with Gasteiger partial charge in [-0.15, -0.1) is 0 Å². The zero-order chi connectivity index (χ0) is 14.9. The maximum absolute atomic E-state index is 13.3. The molecule has 0 unspecified atom stereocenters. The van der Waals surface area contributed by atoms with E-state index in [1.54, 1.807) is 0 Å². The molecular weight excluding hydrogens is 259 g/mol. The van der Waals surface area contributed by atoms with Crippen molar-refractivity contribution in [3.63, 3.8) is 0 Å². The number of aryl methyl sites for hydroxylation is 2. The fourth-order valence-electron chi connectivity index (χ4n) is 2.35. The third kappa shape index (κ3) is 2.50. The Labute approximate surface area is 116 Å². The second kappa shape index (κ2) is 5.33. The molecule has 0 radical (unpaired) electrons. The summed E-state index contributed by atoms with van der Waals surface area (Å²) in [7, 11) is 1.53. The second-order valence-electron chi connectivity index (χ2n) is 4.65. The second-order valence-corrected chi connectivity index (χ2v) is 4.65. The molecule has 104 valence electrons. The van der Waals surface area contributed by atoms with Crippen molar-refractivity contribution in [2.45, 2.75) is 13.8 Å². The highest BCUT2D eigenvalue weighted by molar-refractivity contribution is 5.97. The molecule has 0 aliphatic carbocycles. The molecule has 0 aliphatic rings. The van der Waals surface area contributed by atoms with E-state index in [0.717, 1.165) is 17.2 Å². The molecule has 0 aliphatic heterocycles. The quantitative estimate of drug-likeness (QED) is 0.925. The van der Waals surface area contributed by atoms with Crippen LogP contribution in [0.5, 0.6) is 5.75 Å². The zero-order valence-electron chi connectivity index (χ0n) is 11.5. The van der Waals surface area contributed by atoms with Crippen LogP contribution in [0.1, 0.15) is 21.5 Å². The number of carboxylic acid groups (broad SMARTS) is 1. The van der Waals surface area contributed by atoms with Crippen LogP contribution in [0.15, 0.2) is 30.3 Å². The molecule has 1 N–H and O–H groups in total. The fraction of sp³-hybridized carbons (Fsp3) is 0.188. The first-order valence-electron chi connectivity index (χ1n) is 6.12. The molecule has 20 heavy (non-hydrogen) atoms. The van der Waals surface area contributed by atoms with Gasteiger partial charge in [0.25, 0.3) is 0 Å². The average Bonchev–Trinajstić information content (AvgIpc) is 2.38. The van der Waals surface area contributed by atoms with Crippen LogP contribution in [0.4, 0.5) is 4.39 Å². The van der Waals surface area contributed by atoms with Gasteiger partial charge in [-0.1, -0.05) is 12.1 Å². The minimum Gasteiger partial charge on any atom is -0.496 e. The largest absolute Gasteiger partial charge is 0.496 e. The zero-order valence-corrected chi connectivity index (χ0v) is 11.5. The van der Waals surface area contributed by atoms with Crippen molar-refractivity contribution in [3.8, 4) is 16.9 Å². The van der Waals surface area contributed by atoms with Crippen LogP contribution in [0.2, 0.25) is 0 Å². The Morgan fingerprint density at radius 2 is 1.90 bits per heavy atom. The summed E-state index contributed by atoms with van der Waals surface area (Å²) in [5.74, 6) is -1.16. The van der Waals surface area contributed by atoms with Crippen LogP contribution in [-0.4, -0.2) is 18.2 Å². The van der Waals surface area contributed by atoms with E-state index < -0.39 is 11.8 Å². The average molecular weight is 274 g/mol. The van der Waals surface area contributed by atoms with Gasteiger partial charge in [-0.2, -0.15) is 0 Å². The van der Waals surface area contributed by atoms with Gasteiger partial charge in [0.1, 0.15) is 11.6 Å². The Hall–Kier alpha value is -2.36. The van der Waals surface area contributed by atoms with Crippen LogP contribution in [-0.2, 0) is 0 Å². The monoisotopic (exact) mass is 274 g/mol. The highest BCUT2D eigenvalue weighted by atomic mass is 19.1. The number of carbonyl (C=O) groups is 1. The molecule has 0 bridgehead atoms. The summed E-state index contributed by atoms with van der Waals surface area (Å²) in [4.78, 5) is 11.3. The molecule has 2 aromatic carbocycles. The number of rotatable bonds is 3. The summed E-state index contributed by atoms with van der Waals surface area (Å²) in [5, 5.41) is 9.25. The van der Waals surface area contributed by atoms with Crippen molar-refractivity contribution in [1.29, 1.82) is 0 Å². The maximum Gasteiger partial charge on any atom is 0.336 e. The highest BCUT2D eigenvalue weighted by Crippen LogP contribution is 2.36. The number of methoxy groups -OCH3 is 1. The molecule has 2 aromatic rings. The van der Waals surface area contributed by atoms with Gasteiger partial charge >= 0.3 is 5.97 Å². The van der Waals surface area contributed by atoms with E-state index in [1.165, 1.54) is 19.2 Å². The first-order chi connectivity index (χ1) is 9.43. The summed E-state index contributed by atoms with van der Waals surface area (Å²) in [6.45, 7) is 3.81. The van der Waals surface area contributed by atoms with Crippen molar-refractivity contribution in [1.82, 2.24) is 0 Å². The maximum atomic E-state index is 13.3. The topological polar surface area (TPSA) is 46.5 Å². The van der Waals surface area contributed by atoms with E-state index in [1.807, 2.05) is 26.0 Å². The van der Waals surface area contributed by atoms with Crippen molar-refractivity contribution >= 4 is 5.97 Å². The molecule has 0 aromatic heterocycles. The number of hydrogen-bond acceptors (Lipinski definition) is 2. The fourth-order valence-corrected chi connectivity index (χ4v) is 2.35. The minimum atomic E-state index is -1.17. The van der Waals surface area contributed by atoms with Crippen LogP contribution >= 0.6 is 0 Å². The Kier molecular flexibility index (Phi) is 3.74. The Morgan fingerprint density at radius 3 is 2.50 bits per heavy atom. The minimum absolute atomic E-state index is 0.0738. The lowest BCUT2D eigenvalue weighted by molar-refractivity contribution is 0.0697. The van der Waals surface area contributed by atoms with Gasteiger partial charge in [0, 0.05) is 11.1 Å². The number of carboxylic acids is 1. The van der Waals surface area contributed by atoms with Crippen molar-refractivity contribution in [2.75, 3.05) is 7.11 Å². The van der Waals surface area contributed by atoms with Gasteiger partial charge in [0.05, 0.1) is 12.7 Å². The first-order valence-corrected chi connectivity index (χ1v) is 6.12. The molecule has 0 fully saturated rings. The summed E-state index contributed by atoms with van der Waals surface area (Å²) < 4.78 is 18.6. The van der Waals surface area contributed by atoms with E-state index in [2.05, 4.69) is 0 Å². The number of hydrogen-bond donors (Lipinski definition) is 1. The van der Waals surface area contributed by atoms with Crippen molar-refractivity contribution in [2.24, 2.45) is 0 Å². The van der Waals surface area contributed by atoms with E-state index in [9.17, 15) is 14.3 Å². The van der Waals surface area contributed by atoms with E-state index in [0.29, 0.717) is 16.9 Å². The number of halogens is 1. The third-order valence-corrected chi connectivity index (χ3v) is 3.14. The Morgan fingerprint density at radius 1 is 1.20 bits per heavy atom. The van der Waals surface area contributed by atoms with E-state index >= 15 is 0 Å². The lowest BCUT2D eigenvalue weighted by Crippen LogP contribution is -2.02. The Balaban J connectivity index is 2.78. The first kappa shape index (κ1) is 14.1. The molecule has 0 saturated heterocycles. The van der Waals surface area contributed by atoms with Crippen molar-refractivity contribution < 1.29 is 19.0 Å². The standard InChI is InChI=1S/C16H15FO3/c1-9-6-10(2)15(14(7-9)20-3)12-5-4-11(17)8-13(12)16(18)19/h4-8H,1-3H3,(H,18,19). The van der Waals surface area contributed by atoms with Gasteiger partial charge in [0.2, 0.25) is 0 Å². The van der Waals surface area contributed by atoms with E-state index in [4.69, 9.17) is 4.74 Å². The van der Waals surface area contributed by atoms with Gasteiger partial charge in [0.15, 0.2) is 0 Å². The number of ether oxygens (including phenoxy) is 1. The molecule has 0 saturated carbocycles. The normalized spacial score (nSPS) is 10.4. The molecule has 0 heterocycles. The van der Waals surface area contributed by atoms with Crippen LogP contribution in [0.25, 0.3) is 11.1 Å². The highest BCUT2D eigenvalue weighted by Gasteiger charge is 2.18. The Bertz CT molecular complexity index is 678. The van der Waals surface area contributed by atoms with Gasteiger partial charge < -0.3 is 9.84 Å². The predicted octanol–water partition coefficient (Wildman–Crippen LogP) is 3.82. The number of aromatic carboxylic acids is 1. The molecule has 0 spiro atoms. The van der Waals surface area contributed by atoms with E-state index in [-0.39, 0.29) is 5.56 Å². The van der Waals surface area contributed by atoms with Gasteiger partial charge in [-0.05, 0) is 43.2 Å². The number of benzene rings is 2. The summed E-state index contributed by atoms with van der Waals surface area (Å²) in [6.07, 6.45) is 0. The predicted molar refractivity (Wildman–Crippen MR) is 74.8 cm³/mol. The molecule has 0 amide bonds. The lowest BCUT2D eigenvalue weighted by Gasteiger charge is -2.15.